The summed E-state index contributed by atoms with van der Waals surface area (Å²) in [4.78, 5) is 13.5. The highest BCUT2D eigenvalue weighted by atomic mass is 16.3. The minimum absolute atomic E-state index is 0.365. The Bertz CT molecular complexity index is 1180. The van der Waals surface area contributed by atoms with E-state index in [0.717, 1.165) is 22.3 Å². The Kier molecular flexibility index (Phi) is 5.03. The van der Waals surface area contributed by atoms with E-state index in [2.05, 4.69) is 56.8 Å². The summed E-state index contributed by atoms with van der Waals surface area (Å²) in [6.45, 7) is 10.3. The molecule has 4 heterocycles. The highest BCUT2D eigenvalue weighted by Crippen LogP contribution is 2.26. The van der Waals surface area contributed by atoms with Crippen LogP contribution in [0.4, 0.5) is 11.6 Å². The highest BCUT2D eigenvalue weighted by molar-refractivity contribution is 5.83. The van der Waals surface area contributed by atoms with Crippen LogP contribution in [0.1, 0.15) is 39.4 Å². The zero-order chi connectivity index (χ0) is 21.5. The van der Waals surface area contributed by atoms with E-state index in [1.54, 1.807) is 30.9 Å². The molecule has 0 aliphatic heterocycles. The van der Waals surface area contributed by atoms with Crippen molar-refractivity contribution in [2.75, 3.05) is 5.32 Å². The van der Waals surface area contributed by atoms with E-state index in [0.29, 0.717) is 24.2 Å². The molecule has 0 saturated heterocycles. The topological polar surface area (TPSA) is 93.7 Å². The number of anilines is 2. The van der Waals surface area contributed by atoms with E-state index in [1.165, 1.54) is 5.69 Å². The van der Waals surface area contributed by atoms with Gasteiger partial charge in [-0.1, -0.05) is 0 Å². The predicted molar refractivity (Wildman–Crippen MR) is 118 cm³/mol. The van der Waals surface area contributed by atoms with Crippen molar-refractivity contribution in [1.29, 1.82) is 0 Å². The molecule has 0 radical (unpaired) electrons. The monoisotopic (exact) mass is 405 g/mol. The lowest BCUT2D eigenvalue weighted by molar-refractivity contribution is 0.0577. The molecule has 30 heavy (non-hydrogen) atoms. The summed E-state index contributed by atoms with van der Waals surface area (Å²) < 4.78 is 3.99. The molecule has 0 fully saturated rings. The fourth-order valence-corrected chi connectivity index (χ4v) is 3.67. The van der Waals surface area contributed by atoms with Crippen LogP contribution in [-0.2, 0) is 6.54 Å². The Hall–Kier alpha value is -3.26. The smallest absolute Gasteiger partial charge is 0.164 e. The lowest BCUT2D eigenvalue weighted by atomic mass is 10.1. The van der Waals surface area contributed by atoms with Crippen molar-refractivity contribution in [3.63, 3.8) is 0 Å². The van der Waals surface area contributed by atoms with Crippen LogP contribution in [0.25, 0.3) is 22.3 Å². The van der Waals surface area contributed by atoms with Crippen molar-refractivity contribution in [1.82, 2.24) is 29.3 Å². The number of nitrogens with one attached hydrogen (secondary N) is 1. The van der Waals surface area contributed by atoms with Gasteiger partial charge in [0.05, 0.1) is 29.4 Å². The maximum absolute atomic E-state index is 9.98. The number of nitrogens with zero attached hydrogens (tertiary/aromatic N) is 6. The van der Waals surface area contributed by atoms with Crippen LogP contribution in [0.2, 0.25) is 0 Å². The van der Waals surface area contributed by atoms with Crippen LogP contribution in [0.5, 0.6) is 0 Å². The quantitative estimate of drug-likeness (QED) is 0.502. The van der Waals surface area contributed by atoms with Gasteiger partial charge in [0.15, 0.2) is 5.82 Å². The van der Waals surface area contributed by atoms with Gasteiger partial charge < -0.3 is 15.0 Å². The Morgan fingerprint density at radius 1 is 1.13 bits per heavy atom. The number of aliphatic hydroxyl groups is 1. The van der Waals surface area contributed by atoms with Crippen molar-refractivity contribution in [2.45, 2.75) is 52.8 Å². The molecule has 0 unspecified atom stereocenters. The third-order valence-corrected chi connectivity index (χ3v) is 4.78. The summed E-state index contributed by atoms with van der Waals surface area (Å²) in [5, 5.41) is 18.7. The van der Waals surface area contributed by atoms with Gasteiger partial charge in [0.1, 0.15) is 11.6 Å². The molecule has 0 bridgehead atoms. The second-order valence-electron chi connectivity index (χ2n) is 8.51. The number of rotatable bonds is 6. The van der Waals surface area contributed by atoms with Gasteiger partial charge in [0.25, 0.3) is 0 Å². The molecular formula is C22H27N7O. The van der Waals surface area contributed by atoms with Crippen molar-refractivity contribution in [3.8, 4) is 11.4 Å². The Morgan fingerprint density at radius 2 is 1.93 bits per heavy atom. The second-order valence-corrected chi connectivity index (χ2v) is 8.51. The first-order valence-corrected chi connectivity index (χ1v) is 10.0. The predicted octanol–water partition coefficient (Wildman–Crippen LogP) is 4.09. The molecule has 4 aromatic heterocycles. The molecule has 4 aromatic rings. The van der Waals surface area contributed by atoms with E-state index in [1.807, 2.05) is 24.5 Å². The number of pyridine rings is 1. The molecule has 0 atom stereocenters. The molecule has 0 aliphatic carbocycles. The van der Waals surface area contributed by atoms with E-state index >= 15 is 0 Å². The maximum atomic E-state index is 9.98. The zero-order valence-corrected chi connectivity index (χ0v) is 18.0. The molecule has 0 saturated carbocycles. The first-order chi connectivity index (χ1) is 14.2. The minimum Gasteiger partial charge on any atom is -0.389 e. The number of fused-ring (bicyclic) bond motifs is 1. The first kappa shape index (κ1) is 20.0. The van der Waals surface area contributed by atoms with Gasteiger partial charge >= 0.3 is 0 Å². The summed E-state index contributed by atoms with van der Waals surface area (Å²) in [5.41, 5.74) is 2.30. The largest absolute Gasteiger partial charge is 0.389 e. The highest BCUT2D eigenvalue weighted by Gasteiger charge is 2.15. The Morgan fingerprint density at radius 3 is 2.67 bits per heavy atom. The normalized spacial score (nSPS) is 12.1. The van der Waals surface area contributed by atoms with Crippen LogP contribution < -0.4 is 5.32 Å². The molecule has 2 N–H and O–H groups in total. The average Bonchev–Trinajstić information content (AvgIpc) is 3.23. The van der Waals surface area contributed by atoms with Crippen molar-refractivity contribution in [2.24, 2.45) is 0 Å². The van der Waals surface area contributed by atoms with E-state index in [-0.39, 0.29) is 0 Å². The van der Waals surface area contributed by atoms with Gasteiger partial charge in [-0.15, -0.1) is 0 Å². The maximum Gasteiger partial charge on any atom is 0.164 e. The lowest BCUT2D eigenvalue weighted by Gasteiger charge is -2.16. The summed E-state index contributed by atoms with van der Waals surface area (Å²) in [5.74, 6) is 1.94. The second kappa shape index (κ2) is 7.53. The van der Waals surface area contributed by atoms with E-state index in [4.69, 9.17) is 0 Å². The standard InChI is InChI=1S/C22H27N7O/c1-14(2)29-15(3)8-16-10-24-20(9-18(16)29)26-19-6-7-23-21(27-19)17-11-25-28(12-17)13-22(4,5)30/h6-12,14,30H,13H2,1-5H3,(H,23,24,26,27). The van der Waals surface area contributed by atoms with Gasteiger partial charge in [-0.05, 0) is 46.8 Å². The van der Waals surface area contributed by atoms with Crippen molar-refractivity contribution < 1.29 is 5.11 Å². The van der Waals surface area contributed by atoms with E-state index in [9.17, 15) is 5.11 Å². The summed E-state index contributed by atoms with van der Waals surface area (Å²) in [7, 11) is 0. The summed E-state index contributed by atoms with van der Waals surface area (Å²) in [6, 6.07) is 6.37. The lowest BCUT2D eigenvalue weighted by Crippen LogP contribution is -2.26. The summed E-state index contributed by atoms with van der Waals surface area (Å²) >= 11 is 0. The van der Waals surface area contributed by atoms with Crippen LogP contribution in [0.15, 0.2) is 43.0 Å². The third-order valence-electron chi connectivity index (χ3n) is 4.78. The molecule has 8 nitrogen and oxygen atoms in total. The average molecular weight is 406 g/mol. The summed E-state index contributed by atoms with van der Waals surface area (Å²) in [6.07, 6.45) is 7.12. The van der Waals surface area contributed by atoms with Crippen LogP contribution in [0, 0.1) is 6.92 Å². The zero-order valence-electron chi connectivity index (χ0n) is 18.0. The number of aryl methyl sites for hydroxylation is 1. The molecule has 0 aliphatic rings. The molecule has 0 spiro atoms. The van der Waals surface area contributed by atoms with Gasteiger partial charge in [-0.25, -0.2) is 15.0 Å². The third kappa shape index (κ3) is 4.18. The van der Waals surface area contributed by atoms with Crippen molar-refractivity contribution >= 4 is 22.5 Å². The van der Waals surface area contributed by atoms with Crippen LogP contribution >= 0.6 is 0 Å². The number of hydrogen-bond donors (Lipinski definition) is 2. The van der Waals surface area contributed by atoms with Gasteiger partial charge in [-0.3, -0.25) is 4.68 Å². The van der Waals surface area contributed by atoms with Gasteiger partial charge in [0.2, 0.25) is 0 Å². The van der Waals surface area contributed by atoms with Gasteiger partial charge in [-0.2, -0.15) is 5.10 Å². The fraction of sp³-hybridized carbons (Fsp3) is 0.364. The van der Waals surface area contributed by atoms with Crippen molar-refractivity contribution in [3.05, 3.63) is 48.7 Å². The molecule has 4 rings (SSSR count). The molecule has 0 aromatic carbocycles. The molecular weight excluding hydrogens is 378 g/mol. The fourth-order valence-electron chi connectivity index (χ4n) is 3.67. The Balaban J connectivity index is 1.60. The number of aromatic nitrogens is 6. The van der Waals surface area contributed by atoms with Gasteiger partial charge in [0, 0.05) is 41.8 Å². The first-order valence-electron chi connectivity index (χ1n) is 10.0. The molecule has 8 heteroatoms. The molecule has 156 valence electrons. The Labute approximate surface area is 175 Å². The number of hydrogen-bond acceptors (Lipinski definition) is 6. The van der Waals surface area contributed by atoms with Crippen LogP contribution in [-0.4, -0.2) is 40.0 Å². The minimum atomic E-state index is -0.843. The van der Waals surface area contributed by atoms with Crippen LogP contribution in [0.3, 0.4) is 0 Å². The SMILES string of the molecule is Cc1cc2cnc(Nc3ccnc(-c4cnn(CC(C)(C)O)c4)n3)cc2n1C(C)C. The van der Waals surface area contributed by atoms with E-state index < -0.39 is 5.60 Å². The molecule has 0 amide bonds.